The first-order chi connectivity index (χ1) is 11.4. The number of nitrogens with one attached hydrogen (secondary N) is 3. The minimum Gasteiger partial charge on any atom is -0.372 e. The van der Waals surface area contributed by atoms with Crippen LogP contribution >= 0.6 is 15.9 Å². The molecule has 2 aromatic carbocycles. The van der Waals surface area contributed by atoms with Gasteiger partial charge in [-0.2, -0.15) is 0 Å². The quantitative estimate of drug-likeness (QED) is 0.749. The molecule has 1 heterocycles. The molecule has 2 aromatic rings. The molecule has 0 radical (unpaired) electrons. The van der Waals surface area contributed by atoms with Crippen LogP contribution in [-0.2, 0) is 9.59 Å². The fourth-order valence-electron chi connectivity index (χ4n) is 2.59. The molecule has 2 amide bonds. The Kier molecular flexibility index (Phi) is 4.57. The van der Waals surface area contributed by atoms with Crippen LogP contribution in [0.15, 0.2) is 40.9 Å². The summed E-state index contributed by atoms with van der Waals surface area (Å²) < 4.78 is 0.941. The number of carbonyl (C=O) groups is 2. The lowest BCUT2D eigenvalue weighted by Gasteiger charge is -2.27. The number of rotatable bonds is 3. The number of halogens is 1. The number of benzene rings is 2. The molecule has 1 atom stereocenters. The molecule has 6 heteroatoms. The van der Waals surface area contributed by atoms with E-state index < -0.39 is 6.04 Å². The third kappa shape index (κ3) is 3.59. The minimum absolute atomic E-state index is 0.0638. The van der Waals surface area contributed by atoms with Crippen molar-refractivity contribution in [2.24, 2.45) is 0 Å². The molecular formula is C18H18BrN3O2. The highest BCUT2D eigenvalue weighted by Crippen LogP contribution is 2.30. The van der Waals surface area contributed by atoms with Crippen LogP contribution in [-0.4, -0.2) is 17.9 Å². The van der Waals surface area contributed by atoms with Gasteiger partial charge in [-0.25, -0.2) is 0 Å². The van der Waals surface area contributed by atoms with E-state index in [1.165, 1.54) is 0 Å². The number of fused-ring (bicyclic) bond motifs is 1. The highest BCUT2D eigenvalue weighted by Gasteiger charge is 2.27. The second kappa shape index (κ2) is 6.65. The molecule has 0 bridgehead atoms. The Balaban J connectivity index is 1.68. The maximum Gasteiger partial charge on any atom is 0.247 e. The van der Waals surface area contributed by atoms with Gasteiger partial charge >= 0.3 is 0 Å². The van der Waals surface area contributed by atoms with E-state index in [2.05, 4.69) is 31.9 Å². The molecule has 0 saturated heterocycles. The van der Waals surface area contributed by atoms with Crippen LogP contribution in [0.4, 0.5) is 17.1 Å². The van der Waals surface area contributed by atoms with Crippen LogP contribution < -0.4 is 16.0 Å². The second-order valence-electron chi connectivity index (χ2n) is 5.93. The van der Waals surface area contributed by atoms with Gasteiger partial charge in [0.2, 0.25) is 11.8 Å². The summed E-state index contributed by atoms with van der Waals surface area (Å²) in [4.78, 5) is 24.4. The molecule has 0 fully saturated rings. The van der Waals surface area contributed by atoms with Crippen molar-refractivity contribution in [3.63, 3.8) is 0 Å². The Hall–Kier alpha value is -2.34. The van der Waals surface area contributed by atoms with E-state index in [1.54, 1.807) is 12.1 Å². The average Bonchev–Trinajstić information content (AvgIpc) is 2.52. The molecule has 5 nitrogen and oxygen atoms in total. The molecule has 3 N–H and O–H groups in total. The molecule has 0 aliphatic carbocycles. The van der Waals surface area contributed by atoms with Gasteiger partial charge in [0.05, 0.1) is 17.8 Å². The lowest BCUT2D eigenvalue weighted by molar-refractivity contribution is -0.122. The summed E-state index contributed by atoms with van der Waals surface area (Å²) in [5.41, 5.74) is 4.55. The van der Waals surface area contributed by atoms with Crippen molar-refractivity contribution in [2.75, 3.05) is 16.0 Å². The maximum absolute atomic E-state index is 12.2. The van der Waals surface area contributed by atoms with E-state index in [0.29, 0.717) is 5.69 Å². The van der Waals surface area contributed by atoms with Crippen molar-refractivity contribution < 1.29 is 9.59 Å². The molecular weight excluding hydrogens is 370 g/mol. The molecule has 0 spiro atoms. The van der Waals surface area contributed by atoms with E-state index in [-0.39, 0.29) is 18.2 Å². The van der Waals surface area contributed by atoms with Crippen LogP contribution in [0.1, 0.15) is 17.5 Å². The van der Waals surface area contributed by atoms with Crippen molar-refractivity contribution in [3.05, 3.63) is 52.0 Å². The number of amides is 2. The topological polar surface area (TPSA) is 70.2 Å². The van der Waals surface area contributed by atoms with Gasteiger partial charge in [-0.1, -0.05) is 15.9 Å². The molecule has 1 aliphatic rings. The third-order valence-corrected chi connectivity index (χ3v) is 4.58. The Bertz CT molecular complexity index is 803. The van der Waals surface area contributed by atoms with Gasteiger partial charge in [-0.05, 0) is 61.4 Å². The summed E-state index contributed by atoms with van der Waals surface area (Å²) in [6, 6.07) is 10.6. The Morgan fingerprint density at radius 3 is 2.42 bits per heavy atom. The lowest BCUT2D eigenvalue weighted by atomic mass is 10.0. The summed E-state index contributed by atoms with van der Waals surface area (Å²) in [7, 11) is 0. The van der Waals surface area contributed by atoms with E-state index in [4.69, 9.17) is 0 Å². The van der Waals surface area contributed by atoms with Gasteiger partial charge < -0.3 is 16.0 Å². The molecule has 3 rings (SSSR count). The Morgan fingerprint density at radius 1 is 1.12 bits per heavy atom. The van der Waals surface area contributed by atoms with Gasteiger partial charge in [0.15, 0.2) is 0 Å². The molecule has 124 valence electrons. The van der Waals surface area contributed by atoms with Gasteiger partial charge in [-0.3, -0.25) is 9.59 Å². The van der Waals surface area contributed by atoms with Crippen LogP contribution in [0, 0.1) is 13.8 Å². The van der Waals surface area contributed by atoms with Crippen molar-refractivity contribution in [2.45, 2.75) is 26.3 Å². The van der Waals surface area contributed by atoms with Gasteiger partial charge in [0.1, 0.15) is 6.04 Å². The minimum atomic E-state index is -0.588. The second-order valence-corrected chi connectivity index (χ2v) is 6.84. The summed E-state index contributed by atoms with van der Waals surface area (Å²) in [6.07, 6.45) is 0.0638. The normalized spacial score (nSPS) is 16.0. The van der Waals surface area contributed by atoms with Crippen LogP contribution in [0.5, 0.6) is 0 Å². The standard InChI is InChI=1S/C18H18BrN3O2/c1-10-7-14-15(8-11(10)2)22-18(24)16(21-14)9-17(23)20-13-5-3-12(19)4-6-13/h3-8,16,21H,9H2,1-2H3,(H,20,23)(H,22,24)/t16-/m1/s1. The summed E-state index contributed by atoms with van der Waals surface area (Å²) >= 11 is 3.35. The lowest BCUT2D eigenvalue weighted by Crippen LogP contribution is -2.41. The predicted molar refractivity (Wildman–Crippen MR) is 99.3 cm³/mol. The van der Waals surface area contributed by atoms with E-state index in [0.717, 1.165) is 27.0 Å². The number of aryl methyl sites for hydroxylation is 2. The largest absolute Gasteiger partial charge is 0.372 e. The van der Waals surface area contributed by atoms with Gasteiger partial charge in [0, 0.05) is 10.2 Å². The third-order valence-electron chi connectivity index (χ3n) is 4.06. The molecule has 0 aromatic heterocycles. The van der Waals surface area contributed by atoms with Crippen molar-refractivity contribution in [3.8, 4) is 0 Å². The zero-order valence-corrected chi connectivity index (χ0v) is 15.0. The highest BCUT2D eigenvalue weighted by atomic mass is 79.9. The number of anilines is 3. The fraction of sp³-hybridized carbons (Fsp3) is 0.222. The van der Waals surface area contributed by atoms with Crippen LogP contribution in [0.25, 0.3) is 0 Å². The monoisotopic (exact) mass is 387 g/mol. The highest BCUT2D eigenvalue weighted by molar-refractivity contribution is 9.10. The number of carbonyl (C=O) groups excluding carboxylic acids is 2. The summed E-state index contributed by atoms with van der Waals surface area (Å²) in [5.74, 6) is -0.408. The first-order valence-corrected chi connectivity index (χ1v) is 8.46. The van der Waals surface area contributed by atoms with Crippen LogP contribution in [0.3, 0.4) is 0 Å². The predicted octanol–water partition coefficient (Wildman–Crippen LogP) is 3.83. The fourth-order valence-corrected chi connectivity index (χ4v) is 2.85. The SMILES string of the molecule is Cc1cc2c(cc1C)N[C@H](CC(=O)Nc1ccc(Br)cc1)C(=O)N2. The van der Waals surface area contributed by atoms with Crippen molar-refractivity contribution in [1.29, 1.82) is 0 Å². The zero-order chi connectivity index (χ0) is 17.3. The van der Waals surface area contributed by atoms with E-state index >= 15 is 0 Å². The van der Waals surface area contributed by atoms with Crippen molar-refractivity contribution in [1.82, 2.24) is 0 Å². The van der Waals surface area contributed by atoms with Gasteiger partial charge in [-0.15, -0.1) is 0 Å². The smallest absolute Gasteiger partial charge is 0.247 e. The Labute approximate surface area is 149 Å². The first-order valence-electron chi connectivity index (χ1n) is 7.66. The molecule has 24 heavy (non-hydrogen) atoms. The van der Waals surface area contributed by atoms with Crippen molar-refractivity contribution >= 4 is 44.8 Å². The zero-order valence-electron chi connectivity index (χ0n) is 13.4. The summed E-state index contributed by atoms with van der Waals surface area (Å²) in [5, 5.41) is 8.83. The maximum atomic E-state index is 12.2. The number of hydrogen-bond acceptors (Lipinski definition) is 3. The average molecular weight is 388 g/mol. The van der Waals surface area contributed by atoms with E-state index in [1.807, 2.05) is 38.1 Å². The van der Waals surface area contributed by atoms with Crippen LogP contribution in [0.2, 0.25) is 0 Å². The van der Waals surface area contributed by atoms with E-state index in [9.17, 15) is 9.59 Å². The molecule has 0 unspecified atom stereocenters. The molecule has 0 saturated carbocycles. The Morgan fingerprint density at radius 2 is 1.75 bits per heavy atom. The van der Waals surface area contributed by atoms with Gasteiger partial charge in [0.25, 0.3) is 0 Å². The number of hydrogen-bond donors (Lipinski definition) is 3. The molecule has 1 aliphatic heterocycles. The summed E-state index contributed by atoms with van der Waals surface area (Å²) in [6.45, 7) is 4.02. The first kappa shape index (κ1) is 16.5.